The zero-order chi connectivity index (χ0) is 23.8. The average Bonchev–Trinajstić information content (AvgIpc) is 3.38. The Labute approximate surface area is 192 Å². The van der Waals surface area contributed by atoms with Crippen LogP contribution in [0.25, 0.3) is 0 Å². The van der Waals surface area contributed by atoms with Crippen LogP contribution >= 0.6 is 0 Å². The lowest BCUT2D eigenvalue weighted by Crippen LogP contribution is -2.35. The maximum absolute atomic E-state index is 12.6. The van der Waals surface area contributed by atoms with Crippen LogP contribution in [0, 0.1) is 0 Å². The first-order chi connectivity index (χ1) is 15.9. The standard InChI is InChI=1S/C22H26N4O6S/c1-31-19-7-5-6-17(21(19)32-2)14-24-25-20(27)15-23-22(28)16-8-10-18(11-9-16)33(29,30)26-12-3-4-13-26/h5-11,14H,3-4,12-13,15H2,1-2H3,(H,23,28)(H,25,27)/b24-14-. The first-order valence-electron chi connectivity index (χ1n) is 10.3. The van der Waals surface area contributed by atoms with Crippen molar-refractivity contribution in [3.05, 3.63) is 53.6 Å². The largest absolute Gasteiger partial charge is 0.493 e. The molecular formula is C22H26N4O6S. The monoisotopic (exact) mass is 474 g/mol. The molecule has 1 heterocycles. The highest BCUT2D eigenvalue weighted by molar-refractivity contribution is 7.89. The molecule has 1 saturated heterocycles. The van der Waals surface area contributed by atoms with E-state index in [2.05, 4.69) is 15.8 Å². The van der Waals surface area contributed by atoms with Gasteiger partial charge in [0.2, 0.25) is 10.0 Å². The minimum Gasteiger partial charge on any atom is -0.493 e. The van der Waals surface area contributed by atoms with Gasteiger partial charge in [0.1, 0.15) is 0 Å². The summed E-state index contributed by atoms with van der Waals surface area (Å²) < 4.78 is 37.0. The summed E-state index contributed by atoms with van der Waals surface area (Å²) in [4.78, 5) is 24.4. The summed E-state index contributed by atoms with van der Waals surface area (Å²) in [5, 5.41) is 6.34. The quantitative estimate of drug-likeness (QED) is 0.418. The number of para-hydroxylation sites is 1. The number of hydrazone groups is 1. The zero-order valence-corrected chi connectivity index (χ0v) is 19.2. The van der Waals surface area contributed by atoms with Gasteiger partial charge in [-0.05, 0) is 49.2 Å². The van der Waals surface area contributed by atoms with E-state index in [1.54, 1.807) is 18.2 Å². The molecule has 3 rings (SSSR count). The predicted octanol–water partition coefficient (Wildman–Crippen LogP) is 1.37. The summed E-state index contributed by atoms with van der Waals surface area (Å²) in [6.07, 6.45) is 3.10. The average molecular weight is 475 g/mol. The highest BCUT2D eigenvalue weighted by Gasteiger charge is 2.27. The number of nitrogens with one attached hydrogen (secondary N) is 2. The summed E-state index contributed by atoms with van der Waals surface area (Å²) in [6.45, 7) is 0.707. The third-order valence-electron chi connectivity index (χ3n) is 5.06. The molecule has 0 aromatic heterocycles. The van der Waals surface area contributed by atoms with Crippen LogP contribution in [0.3, 0.4) is 0 Å². The smallest absolute Gasteiger partial charge is 0.259 e. The van der Waals surface area contributed by atoms with Crippen molar-refractivity contribution < 1.29 is 27.5 Å². The van der Waals surface area contributed by atoms with Gasteiger partial charge in [0.25, 0.3) is 11.8 Å². The van der Waals surface area contributed by atoms with Crippen molar-refractivity contribution >= 4 is 28.1 Å². The second kappa shape index (κ2) is 10.9. The van der Waals surface area contributed by atoms with Gasteiger partial charge < -0.3 is 14.8 Å². The van der Waals surface area contributed by atoms with Crippen LogP contribution in [0.2, 0.25) is 0 Å². The normalized spacial score (nSPS) is 14.2. The van der Waals surface area contributed by atoms with Crippen LogP contribution in [0.15, 0.2) is 52.5 Å². The highest BCUT2D eigenvalue weighted by atomic mass is 32.2. The molecule has 2 N–H and O–H groups in total. The molecule has 0 spiro atoms. The number of benzene rings is 2. The first-order valence-corrected chi connectivity index (χ1v) is 11.7. The number of ether oxygens (including phenoxy) is 2. The molecule has 1 aliphatic heterocycles. The van der Waals surface area contributed by atoms with E-state index in [9.17, 15) is 18.0 Å². The minimum absolute atomic E-state index is 0.140. The lowest BCUT2D eigenvalue weighted by molar-refractivity contribution is -0.120. The van der Waals surface area contributed by atoms with E-state index < -0.39 is 21.8 Å². The van der Waals surface area contributed by atoms with E-state index in [1.807, 2.05) is 0 Å². The van der Waals surface area contributed by atoms with Gasteiger partial charge in [-0.25, -0.2) is 13.8 Å². The number of amides is 2. The van der Waals surface area contributed by atoms with Crippen molar-refractivity contribution in [2.45, 2.75) is 17.7 Å². The lowest BCUT2D eigenvalue weighted by atomic mass is 10.2. The number of nitrogens with zero attached hydrogens (tertiary/aromatic N) is 2. The molecule has 2 amide bonds. The van der Waals surface area contributed by atoms with Gasteiger partial charge in [-0.1, -0.05) is 6.07 Å². The Kier molecular flexibility index (Phi) is 8.01. The van der Waals surface area contributed by atoms with E-state index in [4.69, 9.17) is 9.47 Å². The van der Waals surface area contributed by atoms with Crippen LogP contribution in [0.4, 0.5) is 0 Å². The molecule has 0 aliphatic carbocycles. The Morgan fingerprint density at radius 3 is 2.39 bits per heavy atom. The second-order valence-electron chi connectivity index (χ2n) is 7.19. The van der Waals surface area contributed by atoms with Crippen LogP contribution in [0.1, 0.15) is 28.8 Å². The minimum atomic E-state index is -3.54. The SMILES string of the molecule is COc1cccc(/C=N\NC(=O)CNC(=O)c2ccc(S(=O)(=O)N3CCCC3)cc2)c1OC. The Balaban J connectivity index is 1.52. The Hall–Kier alpha value is -3.44. The van der Waals surface area contributed by atoms with Gasteiger partial charge >= 0.3 is 0 Å². The number of hydrogen-bond acceptors (Lipinski definition) is 7. The molecule has 0 atom stereocenters. The summed E-state index contributed by atoms with van der Waals surface area (Å²) in [5.74, 6) is -0.0378. The Morgan fingerprint density at radius 1 is 1.06 bits per heavy atom. The van der Waals surface area contributed by atoms with Crippen molar-refractivity contribution in [1.29, 1.82) is 0 Å². The molecule has 1 aliphatic rings. The Morgan fingerprint density at radius 2 is 1.76 bits per heavy atom. The van der Waals surface area contributed by atoms with Crippen molar-refractivity contribution in [3.8, 4) is 11.5 Å². The van der Waals surface area contributed by atoms with Gasteiger partial charge in [0.05, 0.1) is 31.9 Å². The lowest BCUT2D eigenvalue weighted by Gasteiger charge is -2.15. The fraction of sp³-hybridized carbons (Fsp3) is 0.318. The molecule has 0 saturated carbocycles. The van der Waals surface area contributed by atoms with Crippen molar-refractivity contribution in [3.63, 3.8) is 0 Å². The maximum atomic E-state index is 12.6. The summed E-state index contributed by atoms with van der Waals surface area (Å²) in [5.41, 5.74) is 3.17. The van der Waals surface area contributed by atoms with Gasteiger partial charge in [-0.3, -0.25) is 9.59 Å². The van der Waals surface area contributed by atoms with Crippen molar-refractivity contribution in [2.24, 2.45) is 5.10 Å². The zero-order valence-electron chi connectivity index (χ0n) is 18.4. The number of methoxy groups -OCH3 is 2. The Bertz CT molecular complexity index is 1130. The maximum Gasteiger partial charge on any atom is 0.259 e. The molecule has 0 bridgehead atoms. The van der Waals surface area contributed by atoms with Crippen molar-refractivity contribution in [1.82, 2.24) is 15.0 Å². The van der Waals surface area contributed by atoms with E-state index in [0.29, 0.717) is 30.2 Å². The molecule has 33 heavy (non-hydrogen) atoms. The number of carbonyl (C=O) groups is 2. The summed E-state index contributed by atoms with van der Waals surface area (Å²) in [6, 6.07) is 10.9. The van der Waals surface area contributed by atoms with Crippen molar-refractivity contribution in [2.75, 3.05) is 33.9 Å². The van der Waals surface area contributed by atoms with Gasteiger partial charge in [0, 0.05) is 24.2 Å². The van der Waals surface area contributed by atoms with E-state index >= 15 is 0 Å². The third-order valence-corrected chi connectivity index (χ3v) is 6.97. The second-order valence-corrected chi connectivity index (χ2v) is 9.13. The number of rotatable bonds is 9. The molecule has 10 nitrogen and oxygen atoms in total. The van der Waals surface area contributed by atoms with Gasteiger partial charge in [-0.2, -0.15) is 9.41 Å². The molecule has 2 aromatic carbocycles. The molecule has 2 aromatic rings. The molecule has 11 heteroatoms. The molecule has 0 radical (unpaired) electrons. The first kappa shape index (κ1) is 24.2. The summed E-state index contributed by atoms with van der Waals surface area (Å²) >= 11 is 0. The molecule has 1 fully saturated rings. The van der Waals surface area contributed by atoms with Crippen LogP contribution in [0.5, 0.6) is 11.5 Å². The topological polar surface area (TPSA) is 126 Å². The van der Waals surface area contributed by atoms with Gasteiger partial charge in [-0.15, -0.1) is 0 Å². The van der Waals surface area contributed by atoms with Gasteiger partial charge in [0.15, 0.2) is 11.5 Å². The van der Waals surface area contributed by atoms with E-state index in [0.717, 1.165) is 12.8 Å². The third kappa shape index (κ3) is 5.88. The number of hydrogen-bond donors (Lipinski definition) is 2. The van der Waals surface area contributed by atoms with E-state index in [1.165, 1.54) is 49.0 Å². The van der Waals surface area contributed by atoms with Crippen LogP contribution < -0.4 is 20.2 Å². The molecule has 0 unspecified atom stereocenters. The summed E-state index contributed by atoms with van der Waals surface area (Å²) in [7, 11) is -0.530. The molecule has 176 valence electrons. The fourth-order valence-electron chi connectivity index (χ4n) is 3.35. The number of sulfonamides is 1. The number of carbonyl (C=O) groups excluding carboxylic acids is 2. The molecular weight excluding hydrogens is 448 g/mol. The fourth-order valence-corrected chi connectivity index (χ4v) is 4.86. The predicted molar refractivity (Wildman–Crippen MR) is 122 cm³/mol. The van der Waals surface area contributed by atoms with E-state index in [-0.39, 0.29) is 17.0 Å². The van der Waals surface area contributed by atoms with Crippen LogP contribution in [-0.4, -0.2) is 64.6 Å². The van der Waals surface area contributed by atoms with Crippen LogP contribution in [-0.2, 0) is 14.8 Å². The highest BCUT2D eigenvalue weighted by Crippen LogP contribution is 2.29.